The normalized spacial score (nSPS) is 34.7. The summed E-state index contributed by atoms with van der Waals surface area (Å²) in [7, 11) is 2.15. The predicted molar refractivity (Wildman–Crippen MR) is 292 cm³/mol. The number of aromatic amines is 1. The van der Waals surface area contributed by atoms with Crippen LogP contribution in [0.1, 0.15) is 6.42 Å². The van der Waals surface area contributed by atoms with Crippen molar-refractivity contribution in [2.24, 2.45) is 34.4 Å². The van der Waals surface area contributed by atoms with Gasteiger partial charge in [-0.3, -0.25) is 0 Å². The van der Waals surface area contributed by atoms with E-state index >= 15 is 0 Å². The van der Waals surface area contributed by atoms with Crippen LogP contribution in [-0.2, 0) is 41.5 Å². The number of H-pyrrole nitrogens is 1. The number of benzene rings is 3. The van der Waals surface area contributed by atoms with Crippen LogP contribution in [0.25, 0.3) is 44.9 Å². The van der Waals surface area contributed by atoms with Crippen LogP contribution < -0.4 is 44.0 Å². The van der Waals surface area contributed by atoms with Crippen LogP contribution in [0, 0.1) is 0 Å². The highest BCUT2D eigenvalue weighted by molar-refractivity contribution is 5.83. The minimum Gasteiger partial charge on any atom is -0.492 e. The van der Waals surface area contributed by atoms with Gasteiger partial charge in [0.25, 0.3) is 0 Å². The van der Waals surface area contributed by atoms with E-state index in [2.05, 4.69) is 60.7 Å². The molecule has 6 aromatic rings. The number of nitrogens with two attached hydrogens (primary N) is 6. The van der Waals surface area contributed by atoms with E-state index in [-0.39, 0.29) is 26.1 Å². The number of nitrogens with one attached hydrogen (secondary N) is 1. The molecule has 4 aliphatic heterocycles. The lowest BCUT2D eigenvalue weighted by molar-refractivity contribution is -0.306. The molecule has 0 amide bonds. The van der Waals surface area contributed by atoms with Crippen molar-refractivity contribution in [2.75, 3.05) is 57.8 Å². The summed E-state index contributed by atoms with van der Waals surface area (Å²) < 4.78 is 46.1. The number of rotatable bonds is 18. The van der Waals surface area contributed by atoms with E-state index in [1.165, 1.54) is 10.4 Å². The summed E-state index contributed by atoms with van der Waals surface area (Å²) in [6.07, 6.45) is -16.8. The van der Waals surface area contributed by atoms with Gasteiger partial charge in [-0.05, 0) is 55.9 Å². The van der Waals surface area contributed by atoms with Crippen molar-refractivity contribution < 1.29 is 63.8 Å². The zero-order chi connectivity index (χ0) is 57.5. The Kier molecular flexibility index (Phi) is 17.6. The molecular formula is C53H74N16O13. The first-order valence-electron chi connectivity index (χ1n) is 27.5. The summed E-state index contributed by atoms with van der Waals surface area (Å²) in [5.74, 6) is 1.50. The van der Waals surface area contributed by atoms with Gasteiger partial charge < -0.3 is 113 Å². The molecular weight excluding hydrogens is 1070 g/mol. The zero-order valence-corrected chi connectivity index (χ0v) is 45.1. The van der Waals surface area contributed by atoms with E-state index < -0.39 is 116 Å². The van der Waals surface area contributed by atoms with Crippen LogP contribution in [-0.4, -0.2) is 245 Å². The Morgan fingerprint density at radius 3 is 1.78 bits per heavy atom. The molecule has 7 heterocycles. The van der Waals surface area contributed by atoms with E-state index in [4.69, 9.17) is 72.5 Å². The smallest absolute Gasteiger partial charge is 0.187 e. The van der Waals surface area contributed by atoms with E-state index in [1.54, 1.807) is 10.9 Å². The van der Waals surface area contributed by atoms with E-state index in [0.29, 0.717) is 35.9 Å². The lowest BCUT2D eigenvalue weighted by atomic mass is 9.84. The Labute approximate surface area is 470 Å². The largest absolute Gasteiger partial charge is 0.492 e. The average Bonchev–Trinajstić information content (AvgIpc) is 4.37. The molecule has 0 bridgehead atoms. The molecule has 0 radical (unpaired) electrons. The number of likely N-dealkylation sites (N-methyl/N-ethyl adjacent to an activating group) is 1. The monoisotopic (exact) mass is 1140 g/mol. The highest BCUT2D eigenvalue weighted by atomic mass is 16.8. The van der Waals surface area contributed by atoms with Gasteiger partial charge >= 0.3 is 0 Å². The summed E-state index contributed by atoms with van der Waals surface area (Å²) in [5.41, 5.74) is 43.8. The molecule has 0 spiro atoms. The first-order chi connectivity index (χ1) is 39.5. The Balaban J connectivity index is 0.726. The first kappa shape index (κ1) is 58.0. The molecule has 29 nitrogen and oxygen atoms in total. The predicted octanol–water partition coefficient (Wildman–Crippen LogP) is -4.30. The van der Waals surface area contributed by atoms with Crippen LogP contribution in [0.3, 0.4) is 0 Å². The number of aliphatic hydroxyl groups is 6. The first-order valence-corrected chi connectivity index (χ1v) is 27.5. The SMILES string of the molecule is CN1CCN(c2ccc3nc(-c4ccc(OCCn5cc(-c6ccc(-c7cn(C[C@H]8OC(O[C@@H]9C(O)[C@H](N)CC(N)[C@@H]9O[C@@H]9OC(CN)[C@H](O)[C@H](O)C9N)[C@@H](O)[C@H]8O[C@H]8O[C@@H](CN)[C@@H](O)C(O)C8N)nn7)cc6)nn5)cc4)[nH]c3c2)CC1. The summed E-state index contributed by atoms with van der Waals surface area (Å²) >= 11 is 0. The lowest BCUT2D eigenvalue weighted by Crippen LogP contribution is -2.68. The molecule has 5 fully saturated rings. The number of fused-ring (bicyclic) bond motifs is 1. The third-order valence-corrected chi connectivity index (χ3v) is 16.2. The topological polar surface area (TPSA) is 439 Å². The molecule has 4 saturated heterocycles. The van der Waals surface area contributed by atoms with Crippen molar-refractivity contribution >= 4 is 16.7 Å². The van der Waals surface area contributed by atoms with Crippen LogP contribution in [0.15, 0.2) is 79.1 Å². The summed E-state index contributed by atoms with van der Waals surface area (Å²) in [6.45, 7) is 4.41. The average molecular weight is 1140 g/mol. The highest BCUT2D eigenvalue weighted by Gasteiger charge is 2.55. The number of nitrogens with zero attached hydrogens (tertiary/aromatic N) is 9. The molecule has 1 aliphatic carbocycles. The number of hydrogen-bond donors (Lipinski definition) is 13. The maximum atomic E-state index is 12.0. The van der Waals surface area contributed by atoms with E-state index in [9.17, 15) is 30.6 Å². The summed E-state index contributed by atoms with van der Waals surface area (Å²) in [4.78, 5) is 13.1. The molecule has 3 aromatic carbocycles. The van der Waals surface area contributed by atoms with Crippen molar-refractivity contribution in [3.8, 4) is 39.7 Å². The quantitative estimate of drug-likeness (QED) is 0.0387. The van der Waals surface area contributed by atoms with Crippen LogP contribution in [0.4, 0.5) is 5.69 Å². The molecule has 82 heavy (non-hydrogen) atoms. The molecule has 11 rings (SSSR count). The Morgan fingerprint density at radius 2 is 1.16 bits per heavy atom. The zero-order valence-electron chi connectivity index (χ0n) is 45.1. The fraction of sp³-hybridized carbons (Fsp3) is 0.566. The molecule has 7 unspecified atom stereocenters. The standard InChI is InChI=1S/C53H74N16O13/c1-66-12-14-67(15-13-66)28-8-11-32-33(18-28)61-50(60-32)27-6-9-29(10-7-27)76-17-16-68-22-34(62-64-68)25-2-4-26(5-3-25)35-23-69(65-63-35)24-38-48(81-52-40(59)45(74)43(72)37(21-55)78-52)46(75)53(79-38)82-49-41(70)30(56)19-31(57)47(49)80-51-39(58)44(73)42(71)36(20-54)77-51/h2-11,18,22-23,30-31,36-49,51-53,70-75H,12-17,19-21,24,54-59H2,1H3,(H,60,61)/t30-,31?,36?,37+,38-,39?,40?,41?,42+,43-,44-,45?,46+,47+,48+,49-,51+,52-,53?/m1/s1. The number of anilines is 1. The number of ether oxygens (including phenoxy) is 7. The van der Waals surface area contributed by atoms with Gasteiger partial charge in [0, 0.05) is 73.7 Å². The maximum absolute atomic E-state index is 12.0. The van der Waals surface area contributed by atoms with Gasteiger partial charge in [-0.15, -0.1) is 10.2 Å². The Bertz CT molecular complexity index is 3040. The second-order valence-electron chi connectivity index (χ2n) is 21.8. The molecule has 19 N–H and O–H groups in total. The molecule has 29 heteroatoms. The molecule has 3 aromatic heterocycles. The number of aromatic nitrogens is 8. The minimum atomic E-state index is -1.65. The van der Waals surface area contributed by atoms with E-state index in [0.717, 1.165) is 54.2 Å². The van der Waals surface area contributed by atoms with Gasteiger partial charge in [0.15, 0.2) is 18.9 Å². The second kappa shape index (κ2) is 24.8. The third-order valence-electron chi connectivity index (χ3n) is 16.2. The molecule has 5 aliphatic rings. The molecule has 1 saturated carbocycles. The van der Waals surface area contributed by atoms with Gasteiger partial charge in [-0.25, -0.2) is 14.3 Å². The van der Waals surface area contributed by atoms with Gasteiger partial charge in [-0.2, -0.15) is 0 Å². The van der Waals surface area contributed by atoms with Gasteiger partial charge in [-0.1, -0.05) is 34.7 Å². The fourth-order valence-corrected chi connectivity index (χ4v) is 11.2. The third kappa shape index (κ3) is 12.1. The van der Waals surface area contributed by atoms with Crippen molar-refractivity contribution in [3.05, 3.63) is 79.1 Å². The summed E-state index contributed by atoms with van der Waals surface area (Å²) in [6, 6.07) is 17.3. The number of hydrogen-bond acceptors (Lipinski definition) is 26. The van der Waals surface area contributed by atoms with Crippen LogP contribution in [0.2, 0.25) is 0 Å². The van der Waals surface area contributed by atoms with Gasteiger partial charge in [0.05, 0.1) is 54.7 Å². The fourth-order valence-electron chi connectivity index (χ4n) is 11.2. The van der Waals surface area contributed by atoms with Crippen molar-refractivity contribution in [1.82, 2.24) is 44.9 Å². The molecule has 19 atom stereocenters. The Hall–Kier alpha value is -5.75. The lowest BCUT2D eigenvalue weighted by Gasteiger charge is -2.47. The van der Waals surface area contributed by atoms with Crippen molar-refractivity contribution in [3.63, 3.8) is 0 Å². The van der Waals surface area contributed by atoms with Crippen LogP contribution in [0.5, 0.6) is 5.75 Å². The highest BCUT2D eigenvalue weighted by Crippen LogP contribution is 2.36. The minimum absolute atomic E-state index is 0.0624. The number of piperazine rings is 1. The molecule has 444 valence electrons. The second-order valence-corrected chi connectivity index (χ2v) is 21.8. The number of aliphatic hydroxyl groups excluding tert-OH is 6. The van der Waals surface area contributed by atoms with Crippen molar-refractivity contribution in [1.29, 1.82) is 0 Å². The van der Waals surface area contributed by atoms with Crippen molar-refractivity contribution in [2.45, 2.75) is 136 Å². The van der Waals surface area contributed by atoms with Crippen LogP contribution >= 0.6 is 0 Å². The van der Waals surface area contributed by atoms with Gasteiger partial charge in [0.2, 0.25) is 0 Å². The Morgan fingerprint density at radius 1 is 0.598 bits per heavy atom. The van der Waals surface area contributed by atoms with Gasteiger partial charge in [0.1, 0.15) is 96.7 Å². The van der Waals surface area contributed by atoms with E-state index in [1.807, 2.05) is 54.7 Å². The number of imidazole rings is 1. The summed E-state index contributed by atoms with van der Waals surface area (Å²) in [5, 5.41) is 83.5. The maximum Gasteiger partial charge on any atom is 0.187 e.